The van der Waals surface area contributed by atoms with E-state index in [9.17, 15) is 0 Å². The zero-order valence-corrected chi connectivity index (χ0v) is 12.6. The predicted molar refractivity (Wildman–Crippen MR) is 82.0 cm³/mol. The zero-order chi connectivity index (χ0) is 13.9. The fourth-order valence-electron chi connectivity index (χ4n) is 2.89. The van der Waals surface area contributed by atoms with Crippen LogP contribution in [-0.2, 0) is 19.3 Å². The van der Waals surface area contributed by atoms with Crippen molar-refractivity contribution in [2.75, 3.05) is 0 Å². The summed E-state index contributed by atoms with van der Waals surface area (Å²) >= 11 is 0. The summed E-state index contributed by atoms with van der Waals surface area (Å²) in [6.07, 6.45) is 7.22. The molecule has 2 rings (SSSR count). The first-order valence-corrected chi connectivity index (χ1v) is 7.55. The van der Waals surface area contributed by atoms with E-state index in [4.69, 9.17) is 5.84 Å². The second-order valence-electron chi connectivity index (χ2n) is 7.12. The average molecular weight is 260 g/mol. The molecule has 1 aliphatic rings. The summed E-state index contributed by atoms with van der Waals surface area (Å²) in [5.74, 6) is 5.71. The Hall–Kier alpha value is -0.860. The second kappa shape index (κ2) is 6.06. The number of rotatable bonds is 5. The molecule has 0 aromatic heterocycles. The lowest BCUT2D eigenvalue weighted by molar-refractivity contribution is 0.330. The molecule has 1 unspecified atom stereocenters. The summed E-state index contributed by atoms with van der Waals surface area (Å²) in [6.45, 7) is 6.86. The van der Waals surface area contributed by atoms with Gasteiger partial charge in [-0.25, -0.2) is 0 Å². The highest BCUT2D eigenvalue weighted by Crippen LogP contribution is 2.25. The topological polar surface area (TPSA) is 38.0 Å². The molecule has 106 valence electrons. The summed E-state index contributed by atoms with van der Waals surface area (Å²) in [6, 6.07) is 7.38. The first-order valence-electron chi connectivity index (χ1n) is 7.55. The predicted octanol–water partition coefficient (Wildman–Crippen LogP) is 3.38. The third-order valence-electron chi connectivity index (χ3n) is 4.12. The van der Waals surface area contributed by atoms with Gasteiger partial charge in [0.1, 0.15) is 0 Å². The number of aryl methyl sites for hydroxylation is 2. The van der Waals surface area contributed by atoms with Gasteiger partial charge in [0.2, 0.25) is 0 Å². The summed E-state index contributed by atoms with van der Waals surface area (Å²) in [4.78, 5) is 0. The number of nitrogens with two attached hydrogens (primary N) is 1. The zero-order valence-electron chi connectivity index (χ0n) is 12.6. The van der Waals surface area contributed by atoms with Crippen LogP contribution in [0.1, 0.15) is 56.7 Å². The van der Waals surface area contributed by atoms with Crippen molar-refractivity contribution >= 4 is 0 Å². The Labute approximate surface area is 117 Å². The Kier molecular flexibility index (Phi) is 4.64. The molecule has 0 saturated carbocycles. The summed E-state index contributed by atoms with van der Waals surface area (Å²) in [5, 5.41) is 0. The maximum absolute atomic E-state index is 5.71. The van der Waals surface area contributed by atoms with Gasteiger partial charge in [-0.05, 0) is 60.6 Å². The molecule has 0 fully saturated rings. The molecule has 1 aliphatic carbocycles. The van der Waals surface area contributed by atoms with Gasteiger partial charge in [0.25, 0.3) is 0 Å². The standard InChI is InChI=1S/C17H28N2/c1-17(2,3)10-9-16(19-18)12-13-7-8-14-5-4-6-15(14)11-13/h7-8,11,16,19H,4-6,9-10,12,18H2,1-3H3. The molecule has 3 N–H and O–H groups in total. The van der Waals surface area contributed by atoms with Crippen LogP contribution in [-0.4, -0.2) is 6.04 Å². The van der Waals surface area contributed by atoms with Gasteiger partial charge in [-0.2, -0.15) is 0 Å². The second-order valence-corrected chi connectivity index (χ2v) is 7.12. The van der Waals surface area contributed by atoms with Gasteiger partial charge in [-0.15, -0.1) is 0 Å². The Balaban J connectivity index is 1.94. The van der Waals surface area contributed by atoms with Crippen LogP contribution in [0.15, 0.2) is 18.2 Å². The smallest absolute Gasteiger partial charge is 0.0251 e. The Morgan fingerprint density at radius 1 is 1.21 bits per heavy atom. The van der Waals surface area contributed by atoms with Crippen molar-refractivity contribution in [3.63, 3.8) is 0 Å². The molecule has 0 amide bonds. The third kappa shape index (κ3) is 4.32. The first kappa shape index (κ1) is 14.5. The molecule has 0 heterocycles. The van der Waals surface area contributed by atoms with E-state index >= 15 is 0 Å². The Morgan fingerprint density at radius 3 is 2.63 bits per heavy atom. The van der Waals surface area contributed by atoms with E-state index < -0.39 is 0 Å². The van der Waals surface area contributed by atoms with Crippen LogP contribution in [0, 0.1) is 5.41 Å². The normalized spacial score (nSPS) is 16.4. The molecule has 1 atom stereocenters. The van der Waals surface area contributed by atoms with Crippen LogP contribution < -0.4 is 11.3 Å². The van der Waals surface area contributed by atoms with Gasteiger partial charge in [0.15, 0.2) is 0 Å². The van der Waals surface area contributed by atoms with Crippen molar-refractivity contribution in [1.29, 1.82) is 0 Å². The maximum Gasteiger partial charge on any atom is 0.0251 e. The quantitative estimate of drug-likeness (QED) is 0.629. The van der Waals surface area contributed by atoms with E-state index in [1.807, 2.05) is 0 Å². The van der Waals surface area contributed by atoms with Gasteiger partial charge >= 0.3 is 0 Å². The monoisotopic (exact) mass is 260 g/mol. The van der Waals surface area contributed by atoms with E-state index in [2.05, 4.69) is 44.4 Å². The average Bonchev–Trinajstić information content (AvgIpc) is 2.80. The molecule has 0 radical (unpaired) electrons. The van der Waals surface area contributed by atoms with E-state index in [1.54, 1.807) is 11.1 Å². The summed E-state index contributed by atoms with van der Waals surface area (Å²) in [5.41, 5.74) is 7.91. The number of benzene rings is 1. The fraction of sp³-hybridized carbons (Fsp3) is 0.647. The van der Waals surface area contributed by atoms with Gasteiger partial charge in [0.05, 0.1) is 0 Å². The van der Waals surface area contributed by atoms with Crippen LogP contribution >= 0.6 is 0 Å². The number of fused-ring (bicyclic) bond motifs is 1. The van der Waals surface area contributed by atoms with Crippen molar-refractivity contribution in [2.24, 2.45) is 11.3 Å². The molecular formula is C17H28N2. The molecule has 2 heteroatoms. The van der Waals surface area contributed by atoms with Crippen molar-refractivity contribution in [3.05, 3.63) is 34.9 Å². The minimum absolute atomic E-state index is 0.382. The lowest BCUT2D eigenvalue weighted by Crippen LogP contribution is -2.37. The maximum atomic E-state index is 5.71. The third-order valence-corrected chi connectivity index (χ3v) is 4.12. The van der Waals surface area contributed by atoms with E-state index in [-0.39, 0.29) is 0 Å². The van der Waals surface area contributed by atoms with Crippen LogP contribution in [0.3, 0.4) is 0 Å². The molecule has 0 saturated heterocycles. The Morgan fingerprint density at radius 2 is 1.95 bits per heavy atom. The molecular weight excluding hydrogens is 232 g/mol. The molecule has 1 aromatic rings. The highest BCUT2D eigenvalue weighted by Gasteiger charge is 2.16. The minimum Gasteiger partial charge on any atom is -0.271 e. The van der Waals surface area contributed by atoms with Gasteiger partial charge in [0, 0.05) is 6.04 Å². The summed E-state index contributed by atoms with van der Waals surface area (Å²) in [7, 11) is 0. The molecule has 1 aromatic carbocycles. The van der Waals surface area contributed by atoms with Gasteiger partial charge in [-0.1, -0.05) is 39.0 Å². The molecule has 2 nitrogen and oxygen atoms in total. The van der Waals surface area contributed by atoms with Crippen molar-refractivity contribution in [3.8, 4) is 0 Å². The van der Waals surface area contributed by atoms with E-state index in [1.165, 1.54) is 31.2 Å². The van der Waals surface area contributed by atoms with Gasteiger partial charge in [-0.3, -0.25) is 11.3 Å². The Bertz CT molecular complexity index is 418. The molecule has 19 heavy (non-hydrogen) atoms. The fourth-order valence-corrected chi connectivity index (χ4v) is 2.89. The number of nitrogens with one attached hydrogen (secondary N) is 1. The first-order chi connectivity index (χ1) is 8.98. The number of hydrogen-bond donors (Lipinski definition) is 2. The minimum atomic E-state index is 0.382. The number of hydrogen-bond acceptors (Lipinski definition) is 2. The van der Waals surface area contributed by atoms with Crippen molar-refractivity contribution in [2.45, 2.75) is 65.3 Å². The van der Waals surface area contributed by atoms with E-state index in [0.29, 0.717) is 11.5 Å². The van der Waals surface area contributed by atoms with Crippen LogP contribution in [0.4, 0.5) is 0 Å². The van der Waals surface area contributed by atoms with Crippen LogP contribution in [0.5, 0.6) is 0 Å². The van der Waals surface area contributed by atoms with Crippen LogP contribution in [0.2, 0.25) is 0 Å². The SMILES string of the molecule is CC(C)(C)CCC(Cc1ccc2c(c1)CCC2)NN. The summed E-state index contributed by atoms with van der Waals surface area (Å²) < 4.78 is 0. The lowest BCUT2D eigenvalue weighted by atomic mass is 9.87. The largest absolute Gasteiger partial charge is 0.271 e. The van der Waals surface area contributed by atoms with Gasteiger partial charge < -0.3 is 0 Å². The van der Waals surface area contributed by atoms with Crippen LogP contribution in [0.25, 0.3) is 0 Å². The van der Waals surface area contributed by atoms with Crippen molar-refractivity contribution in [1.82, 2.24) is 5.43 Å². The molecule has 0 spiro atoms. The van der Waals surface area contributed by atoms with Crippen molar-refractivity contribution < 1.29 is 0 Å². The molecule has 0 bridgehead atoms. The van der Waals surface area contributed by atoms with E-state index in [0.717, 1.165) is 12.8 Å². The highest BCUT2D eigenvalue weighted by atomic mass is 15.2. The number of hydrazine groups is 1. The highest BCUT2D eigenvalue weighted by molar-refractivity contribution is 5.35. The lowest BCUT2D eigenvalue weighted by Gasteiger charge is -2.23. The molecule has 0 aliphatic heterocycles.